The number of allylic oxidation sites excluding steroid dienone is 2. The quantitative estimate of drug-likeness (QED) is 0.236. The smallest absolute Gasteiger partial charge is 0.308 e. The van der Waals surface area contributed by atoms with E-state index < -0.39 is 22.9 Å². The standard InChI is InChI=1S/C20H21N3O7/c1-12(18(25)21-13-6-8-14(9-7-13)23(28)29)30-17(24)10-11-22-19(26)15-4-2-3-5-16(15)20(22)27/h2-3,6-9,12,15-16H,4-5,10-11H2,1H3,(H,21,25)/t12-,15-,16-/m0/s1. The highest BCUT2D eigenvalue weighted by Crippen LogP contribution is 2.35. The summed E-state index contributed by atoms with van der Waals surface area (Å²) in [6, 6.07) is 5.21. The topological polar surface area (TPSA) is 136 Å². The predicted octanol–water partition coefficient (Wildman–Crippen LogP) is 1.81. The van der Waals surface area contributed by atoms with Crippen molar-refractivity contribution in [1.29, 1.82) is 0 Å². The monoisotopic (exact) mass is 415 g/mol. The molecule has 1 heterocycles. The Balaban J connectivity index is 1.47. The zero-order chi connectivity index (χ0) is 21.8. The normalized spacial score (nSPS) is 21.2. The third-order valence-electron chi connectivity index (χ3n) is 5.16. The number of anilines is 1. The fraction of sp³-hybridized carbons (Fsp3) is 0.400. The van der Waals surface area contributed by atoms with E-state index in [9.17, 15) is 29.3 Å². The van der Waals surface area contributed by atoms with Gasteiger partial charge in [-0.05, 0) is 31.9 Å². The molecule has 0 aromatic heterocycles. The van der Waals surface area contributed by atoms with Crippen molar-refractivity contribution in [3.05, 3.63) is 46.5 Å². The van der Waals surface area contributed by atoms with Crippen LogP contribution in [0.3, 0.4) is 0 Å². The van der Waals surface area contributed by atoms with Crippen LogP contribution in [0, 0.1) is 22.0 Å². The third-order valence-corrected chi connectivity index (χ3v) is 5.16. The summed E-state index contributed by atoms with van der Waals surface area (Å²) in [6.07, 6.45) is 3.49. The summed E-state index contributed by atoms with van der Waals surface area (Å²) >= 11 is 0. The highest BCUT2D eigenvalue weighted by atomic mass is 16.6. The first-order chi connectivity index (χ1) is 14.3. The van der Waals surface area contributed by atoms with Crippen molar-refractivity contribution in [3.8, 4) is 0 Å². The second kappa shape index (κ2) is 8.85. The first kappa shape index (κ1) is 21.2. The largest absolute Gasteiger partial charge is 0.452 e. The Hall–Kier alpha value is -3.56. The highest BCUT2D eigenvalue weighted by molar-refractivity contribution is 6.05. The summed E-state index contributed by atoms with van der Waals surface area (Å²) in [5.41, 5.74) is 0.201. The van der Waals surface area contributed by atoms with Crippen LogP contribution in [0.1, 0.15) is 26.2 Å². The van der Waals surface area contributed by atoms with Gasteiger partial charge in [0.1, 0.15) is 0 Å². The van der Waals surface area contributed by atoms with Gasteiger partial charge in [-0.3, -0.25) is 34.2 Å². The summed E-state index contributed by atoms with van der Waals surface area (Å²) in [6.45, 7) is 1.30. The number of likely N-dealkylation sites (tertiary alicyclic amines) is 1. The van der Waals surface area contributed by atoms with Gasteiger partial charge in [0.05, 0.1) is 23.2 Å². The lowest BCUT2D eigenvalue weighted by atomic mass is 9.85. The van der Waals surface area contributed by atoms with E-state index in [1.54, 1.807) is 0 Å². The van der Waals surface area contributed by atoms with Crippen LogP contribution in [-0.4, -0.2) is 46.2 Å². The van der Waals surface area contributed by atoms with Crippen molar-refractivity contribution in [2.24, 2.45) is 11.8 Å². The number of fused-ring (bicyclic) bond motifs is 1. The first-order valence-electron chi connectivity index (χ1n) is 9.53. The number of nitro benzene ring substituents is 1. The van der Waals surface area contributed by atoms with Gasteiger partial charge in [-0.1, -0.05) is 12.2 Å². The van der Waals surface area contributed by atoms with Crippen molar-refractivity contribution in [2.75, 3.05) is 11.9 Å². The van der Waals surface area contributed by atoms with Crippen LogP contribution in [0.4, 0.5) is 11.4 Å². The maximum atomic E-state index is 12.4. The molecular formula is C20H21N3O7. The van der Waals surface area contributed by atoms with E-state index in [0.29, 0.717) is 18.5 Å². The van der Waals surface area contributed by atoms with Gasteiger partial charge in [0.15, 0.2) is 6.10 Å². The predicted molar refractivity (Wildman–Crippen MR) is 104 cm³/mol. The minimum Gasteiger partial charge on any atom is -0.452 e. The van der Waals surface area contributed by atoms with Gasteiger partial charge in [0.2, 0.25) is 11.8 Å². The van der Waals surface area contributed by atoms with E-state index in [-0.39, 0.29) is 42.3 Å². The molecule has 3 rings (SSSR count). The molecule has 1 aliphatic heterocycles. The molecule has 30 heavy (non-hydrogen) atoms. The van der Waals surface area contributed by atoms with Crippen LogP contribution in [-0.2, 0) is 23.9 Å². The van der Waals surface area contributed by atoms with Crippen LogP contribution in [0.25, 0.3) is 0 Å². The molecule has 1 aromatic carbocycles. The Labute approximate surface area is 172 Å². The van der Waals surface area contributed by atoms with Crippen molar-refractivity contribution in [3.63, 3.8) is 0 Å². The molecule has 1 aliphatic carbocycles. The molecule has 0 spiro atoms. The van der Waals surface area contributed by atoms with Gasteiger partial charge in [-0.2, -0.15) is 0 Å². The van der Waals surface area contributed by atoms with E-state index in [1.165, 1.54) is 31.2 Å². The van der Waals surface area contributed by atoms with E-state index in [4.69, 9.17) is 4.74 Å². The maximum Gasteiger partial charge on any atom is 0.308 e. The van der Waals surface area contributed by atoms with E-state index in [0.717, 1.165) is 4.90 Å². The number of hydrogen-bond acceptors (Lipinski definition) is 7. The van der Waals surface area contributed by atoms with Gasteiger partial charge in [-0.25, -0.2) is 0 Å². The summed E-state index contributed by atoms with van der Waals surface area (Å²) in [7, 11) is 0. The van der Waals surface area contributed by atoms with Gasteiger partial charge in [0.25, 0.3) is 11.6 Å². The number of amides is 3. The second-order valence-electron chi connectivity index (χ2n) is 7.16. The number of nitrogens with one attached hydrogen (secondary N) is 1. The SMILES string of the molecule is C[C@H](OC(=O)CCN1C(=O)[C@H]2CC=CC[C@@H]2C1=O)C(=O)Nc1ccc([N+](=O)[O-])cc1. The van der Waals surface area contributed by atoms with Crippen LogP contribution >= 0.6 is 0 Å². The van der Waals surface area contributed by atoms with Crippen molar-refractivity contribution < 1.29 is 28.8 Å². The molecule has 1 aromatic rings. The number of hydrogen-bond donors (Lipinski definition) is 1. The molecule has 1 N–H and O–H groups in total. The molecule has 3 amide bonds. The zero-order valence-electron chi connectivity index (χ0n) is 16.3. The fourth-order valence-electron chi connectivity index (χ4n) is 3.51. The van der Waals surface area contributed by atoms with Crippen molar-refractivity contribution in [1.82, 2.24) is 4.90 Å². The number of nitro groups is 1. The van der Waals surface area contributed by atoms with E-state index in [1.807, 2.05) is 12.2 Å². The van der Waals surface area contributed by atoms with Crippen LogP contribution in [0.5, 0.6) is 0 Å². The Kier molecular flexibility index (Phi) is 6.24. The third kappa shape index (κ3) is 4.53. The number of non-ortho nitro benzene ring substituents is 1. The summed E-state index contributed by atoms with van der Waals surface area (Å²) in [5.74, 6) is -2.58. The molecule has 0 unspecified atom stereocenters. The Morgan fingerprint density at radius 1 is 1.17 bits per heavy atom. The zero-order valence-corrected chi connectivity index (χ0v) is 16.3. The summed E-state index contributed by atoms with van der Waals surface area (Å²) in [5, 5.41) is 13.1. The average molecular weight is 415 g/mol. The highest BCUT2D eigenvalue weighted by Gasteiger charge is 2.47. The Morgan fingerprint density at radius 3 is 2.27 bits per heavy atom. The van der Waals surface area contributed by atoms with Gasteiger partial charge >= 0.3 is 5.97 Å². The molecule has 1 saturated heterocycles. The molecule has 3 atom stereocenters. The second-order valence-corrected chi connectivity index (χ2v) is 7.16. The number of ether oxygens (including phenoxy) is 1. The number of rotatable bonds is 7. The number of nitrogens with zero attached hydrogens (tertiary/aromatic N) is 2. The number of carbonyl (C=O) groups excluding carboxylic acids is 4. The minimum absolute atomic E-state index is 0.0831. The average Bonchev–Trinajstić information content (AvgIpc) is 2.97. The lowest BCUT2D eigenvalue weighted by Gasteiger charge is -2.16. The molecule has 0 radical (unpaired) electrons. The first-order valence-corrected chi connectivity index (χ1v) is 9.53. The lowest BCUT2D eigenvalue weighted by Crippen LogP contribution is -2.35. The van der Waals surface area contributed by atoms with E-state index in [2.05, 4.69) is 5.32 Å². The molecule has 158 valence electrons. The Morgan fingerprint density at radius 2 is 1.73 bits per heavy atom. The Bertz CT molecular complexity index is 883. The summed E-state index contributed by atoms with van der Waals surface area (Å²) in [4.78, 5) is 60.2. The number of carbonyl (C=O) groups is 4. The molecule has 0 bridgehead atoms. The molecule has 0 saturated carbocycles. The van der Waals surface area contributed by atoms with Crippen LogP contribution in [0.15, 0.2) is 36.4 Å². The van der Waals surface area contributed by atoms with E-state index >= 15 is 0 Å². The number of imide groups is 1. The minimum atomic E-state index is -1.12. The van der Waals surface area contributed by atoms with Crippen molar-refractivity contribution in [2.45, 2.75) is 32.3 Å². The van der Waals surface area contributed by atoms with Crippen molar-refractivity contribution >= 4 is 35.1 Å². The molecule has 10 heteroatoms. The van der Waals surface area contributed by atoms with Gasteiger partial charge in [-0.15, -0.1) is 0 Å². The molecule has 1 fully saturated rings. The van der Waals surface area contributed by atoms with Crippen LogP contribution < -0.4 is 5.32 Å². The fourth-order valence-corrected chi connectivity index (χ4v) is 3.51. The molecule has 2 aliphatic rings. The van der Waals surface area contributed by atoms with Crippen LogP contribution in [0.2, 0.25) is 0 Å². The molecular weight excluding hydrogens is 394 g/mol. The maximum absolute atomic E-state index is 12.4. The van der Waals surface area contributed by atoms with Gasteiger partial charge in [0, 0.05) is 24.4 Å². The van der Waals surface area contributed by atoms with Gasteiger partial charge < -0.3 is 10.1 Å². The number of benzene rings is 1. The molecule has 10 nitrogen and oxygen atoms in total. The lowest BCUT2D eigenvalue weighted by molar-refractivity contribution is -0.384. The number of esters is 1. The summed E-state index contributed by atoms with van der Waals surface area (Å²) < 4.78 is 5.07.